The predicted octanol–water partition coefficient (Wildman–Crippen LogP) is 4.05. The molecule has 2 aromatic rings. The average Bonchev–Trinajstić information content (AvgIpc) is 3.28. The highest BCUT2D eigenvalue weighted by atomic mass is 32.1. The Bertz CT molecular complexity index is 675. The summed E-state index contributed by atoms with van der Waals surface area (Å²) in [6.45, 7) is 0.612. The topological polar surface area (TPSA) is 38.1 Å². The molecule has 0 bridgehead atoms. The molecule has 2 aromatic heterocycles. The number of amides is 1. The van der Waals surface area contributed by atoms with Gasteiger partial charge in [0.1, 0.15) is 0 Å². The molecule has 3 rings (SSSR count). The maximum Gasteiger partial charge on any atom is 0.435 e. The van der Waals surface area contributed by atoms with Crippen LogP contribution in [0.3, 0.4) is 0 Å². The lowest BCUT2D eigenvalue weighted by Crippen LogP contribution is -2.40. The molecule has 24 heavy (non-hydrogen) atoms. The number of halogens is 3. The number of rotatable bonds is 5. The SMILES string of the molecule is O=C(c1ccsc1)N(CCn1ccc(C(F)(F)F)n1)C1CCCC1. The van der Waals surface area contributed by atoms with Crippen LogP contribution in [0.4, 0.5) is 13.2 Å². The van der Waals surface area contributed by atoms with Crippen LogP contribution in [0.2, 0.25) is 0 Å². The summed E-state index contributed by atoms with van der Waals surface area (Å²) in [4.78, 5) is 14.5. The predicted molar refractivity (Wildman–Crippen MR) is 84.8 cm³/mol. The number of aromatic nitrogens is 2. The van der Waals surface area contributed by atoms with Gasteiger partial charge >= 0.3 is 6.18 Å². The first-order valence-corrected chi connectivity index (χ1v) is 8.83. The zero-order valence-corrected chi connectivity index (χ0v) is 13.8. The highest BCUT2D eigenvalue weighted by Gasteiger charge is 2.33. The molecule has 0 aromatic carbocycles. The van der Waals surface area contributed by atoms with Crippen LogP contribution in [0.5, 0.6) is 0 Å². The quantitative estimate of drug-likeness (QED) is 0.810. The summed E-state index contributed by atoms with van der Waals surface area (Å²) in [5.41, 5.74) is -0.262. The van der Waals surface area contributed by atoms with E-state index in [2.05, 4.69) is 5.10 Å². The van der Waals surface area contributed by atoms with Crippen molar-refractivity contribution in [1.29, 1.82) is 0 Å². The molecular weight excluding hydrogens is 339 g/mol. The van der Waals surface area contributed by atoms with Crippen molar-refractivity contribution >= 4 is 17.2 Å². The number of alkyl halides is 3. The van der Waals surface area contributed by atoms with Crippen molar-refractivity contribution in [3.63, 3.8) is 0 Å². The highest BCUT2D eigenvalue weighted by molar-refractivity contribution is 7.08. The molecule has 1 amide bonds. The smallest absolute Gasteiger partial charge is 0.334 e. The van der Waals surface area contributed by atoms with Gasteiger partial charge in [-0.3, -0.25) is 9.48 Å². The van der Waals surface area contributed by atoms with E-state index >= 15 is 0 Å². The van der Waals surface area contributed by atoms with Gasteiger partial charge in [0.2, 0.25) is 0 Å². The molecule has 0 radical (unpaired) electrons. The van der Waals surface area contributed by atoms with E-state index in [1.54, 1.807) is 16.3 Å². The summed E-state index contributed by atoms with van der Waals surface area (Å²) >= 11 is 1.46. The van der Waals surface area contributed by atoms with E-state index in [0.29, 0.717) is 12.1 Å². The van der Waals surface area contributed by atoms with Crippen LogP contribution in [0.25, 0.3) is 0 Å². The van der Waals surface area contributed by atoms with Crippen LogP contribution in [-0.4, -0.2) is 33.2 Å². The Labute approximate surface area is 141 Å². The van der Waals surface area contributed by atoms with Crippen LogP contribution >= 0.6 is 11.3 Å². The van der Waals surface area contributed by atoms with Crippen molar-refractivity contribution in [1.82, 2.24) is 14.7 Å². The molecule has 8 heteroatoms. The van der Waals surface area contributed by atoms with Crippen LogP contribution in [0.15, 0.2) is 29.1 Å². The second-order valence-electron chi connectivity index (χ2n) is 5.91. The van der Waals surface area contributed by atoms with Crippen molar-refractivity contribution in [2.24, 2.45) is 0 Å². The summed E-state index contributed by atoms with van der Waals surface area (Å²) in [5.74, 6) is -0.0497. The van der Waals surface area contributed by atoms with Gasteiger partial charge in [-0.1, -0.05) is 12.8 Å². The van der Waals surface area contributed by atoms with Gasteiger partial charge in [0, 0.05) is 24.2 Å². The summed E-state index contributed by atoms with van der Waals surface area (Å²) in [6, 6.07) is 2.90. The summed E-state index contributed by atoms with van der Waals surface area (Å²) < 4.78 is 39.1. The van der Waals surface area contributed by atoms with Crippen LogP contribution in [0.1, 0.15) is 41.7 Å². The van der Waals surface area contributed by atoms with Crippen molar-refractivity contribution in [3.8, 4) is 0 Å². The fourth-order valence-corrected chi connectivity index (χ4v) is 3.70. The molecule has 0 aliphatic heterocycles. The average molecular weight is 357 g/mol. The Morgan fingerprint density at radius 3 is 2.67 bits per heavy atom. The Kier molecular flexibility index (Phi) is 4.93. The third kappa shape index (κ3) is 3.80. The third-order valence-corrected chi connectivity index (χ3v) is 4.98. The van der Waals surface area contributed by atoms with Gasteiger partial charge in [-0.25, -0.2) is 0 Å². The number of carbonyl (C=O) groups excluding carboxylic acids is 1. The minimum absolute atomic E-state index is 0.0497. The summed E-state index contributed by atoms with van der Waals surface area (Å²) in [5, 5.41) is 7.21. The van der Waals surface area contributed by atoms with Gasteiger partial charge in [0.05, 0.1) is 12.1 Å². The molecule has 0 saturated heterocycles. The fourth-order valence-electron chi connectivity index (χ4n) is 3.07. The van der Waals surface area contributed by atoms with E-state index in [0.717, 1.165) is 31.7 Å². The van der Waals surface area contributed by atoms with E-state index in [9.17, 15) is 18.0 Å². The van der Waals surface area contributed by atoms with Gasteiger partial charge in [-0.15, -0.1) is 0 Å². The van der Waals surface area contributed by atoms with Gasteiger partial charge in [-0.2, -0.15) is 29.6 Å². The Hall–Kier alpha value is -1.83. The van der Waals surface area contributed by atoms with Crippen LogP contribution in [0, 0.1) is 0 Å². The van der Waals surface area contributed by atoms with Crippen molar-refractivity contribution in [2.45, 2.75) is 44.4 Å². The number of carbonyl (C=O) groups is 1. The van der Waals surface area contributed by atoms with Crippen molar-refractivity contribution in [3.05, 3.63) is 40.3 Å². The molecule has 0 spiro atoms. The summed E-state index contributed by atoms with van der Waals surface area (Å²) in [6.07, 6.45) is 0.926. The Morgan fingerprint density at radius 1 is 1.33 bits per heavy atom. The van der Waals surface area contributed by atoms with Gasteiger partial charge < -0.3 is 4.90 Å². The van der Waals surface area contributed by atoms with Gasteiger partial charge in [0.15, 0.2) is 5.69 Å². The van der Waals surface area contributed by atoms with Crippen LogP contribution < -0.4 is 0 Å². The molecule has 1 aliphatic carbocycles. The second-order valence-corrected chi connectivity index (χ2v) is 6.69. The molecule has 0 atom stereocenters. The van der Waals surface area contributed by atoms with Crippen LogP contribution in [-0.2, 0) is 12.7 Å². The molecule has 1 fully saturated rings. The maximum absolute atomic E-state index is 12.7. The highest BCUT2D eigenvalue weighted by Crippen LogP contribution is 2.28. The lowest BCUT2D eigenvalue weighted by Gasteiger charge is -2.28. The second kappa shape index (κ2) is 6.96. The molecule has 0 N–H and O–H groups in total. The Morgan fingerprint density at radius 2 is 2.08 bits per heavy atom. The third-order valence-electron chi connectivity index (χ3n) is 4.30. The number of hydrogen-bond acceptors (Lipinski definition) is 3. The normalized spacial score (nSPS) is 15.8. The standard InChI is InChI=1S/C16H18F3N3OS/c17-16(18,19)14-5-7-21(20-14)8-9-22(13-3-1-2-4-13)15(23)12-6-10-24-11-12/h5-7,10-11,13H,1-4,8-9H2. The zero-order chi connectivity index (χ0) is 17.2. The van der Waals surface area contributed by atoms with Gasteiger partial charge in [0.25, 0.3) is 5.91 Å². The van der Waals surface area contributed by atoms with Crippen molar-refractivity contribution in [2.75, 3.05) is 6.54 Å². The number of thiophene rings is 1. The number of hydrogen-bond donors (Lipinski definition) is 0. The molecule has 1 saturated carbocycles. The van der Waals surface area contributed by atoms with E-state index < -0.39 is 11.9 Å². The van der Waals surface area contributed by atoms with E-state index in [1.807, 2.05) is 5.38 Å². The van der Waals surface area contributed by atoms with Crippen molar-refractivity contribution < 1.29 is 18.0 Å². The zero-order valence-electron chi connectivity index (χ0n) is 13.0. The van der Waals surface area contributed by atoms with E-state index in [4.69, 9.17) is 0 Å². The monoisotopic (exact) mass is 357 g/mol. The first-order valence-electron chi connectivity index (χ1n) is 7.89. The minimum atomic E-state index is -4.44. The maximum atomic E-state index is 12.7. The van der Waals surface area contributed by atoms with Gasteiger partial charge in [-0.05, 0) is 30.4 Å². The molecule has 2 heterocycles. The lowest BCUT2D eigenvalue weighted by atomic mass is 10.1. The molecule has 1 aliphatic rings. The lowest BCUT2D eigenvalue weighted by molar-refractivity contribution is -0.141. The number of nitrogens with zero attached hydrogens (tertiary/aromatic N) is 3. The first-order chi connectivity index (χ1) is 11.4. The molecular formula is C16H18F3N3OS. The first kappa shape index (κ1) is 17.0. The largest absolute Gasteiger partial charge is 0.435 e. The fraction of sp³-hybridized carbons (Fsp3) is 0.500. The molecule has 130 valence electrons. The molecule has 0 unspecified atom stereocenters. The van der Waals surface area contributed by atoms with E-state index in [-0.39, 0.29) is 18.5 Å². The summed E-state index contributed by atoms with van der Waals surface area (Å²) in [7, 11) is 0. The molecule has 4 nitrogen and oxygen atoms in total. The minimum Gasteiger partial charge on any atom is -0.334 e. The van der Waals surface area contributed by atoms with E-state index in [1.165, 1.54) is 22.2 Å². The Balaban J connectivity index is 1.70.